The molecular formula is C17H18N2O3. The summed E-state index contributed by atoms with van der Waals surface area (Å²) in [4.78, 5) is 27.7. The number of benzene rings is 1. The molecule has 22 heavy (non-hydrogen) atoms. The summed E-state index contributed by atoms with van der Waals surface area (Å²) in [5.41, 5.74) is 1.76. The van der Waals surface area contributed by atoms with Gasteiger partial charge in [0, 0.05) is 23.4 Å². The number of ether oxygens (including phenoxy) is 1. The molecule has 5 nitrogen and oxygen atoms in total. The number of hydrogen-bond donors (Lipinski definition) is 1. The number of nitrogens with zero attached hydrogens (tertiary/aromatic N) is 1. The van der Waals surface area contributed by atoms with E-state index in [2.05, 4.69) is 10.3 Å². The summed E-state index contributed by atoms with van der Waals surface area (Å²) in [5.74, 6) is 0.0136. The zero-order valence-corrected chi connectivity index (χ0v) is 12.8. The zero-order valence-electron chi connectivity index (χ0n) is 12.8. The number of Topliss-reactive ketones (excluding diaryl/α,β-unsaturated/α-hetero) is 1. The number of pyridine rings is 1. The fourth-order valence-corrected chi connectivity index (χ4v) is 1.97. The molecule has 1 aromatic carbocycles. The number of methoxy groups -OCH3 is 1. The topological polar surface area (TPSA) is 68.3 Å². The second-order valence-corrected chi connectivity index (χ2v) is 5.11. The first-order valence-corrected chi connectivity index (χ1v) is 6.97. The summed E-state index contributed by atoms with van der Waals surface area (Å²) < 4.78 is 4.73. The molecule has 0 spiro atoms. The Morgan fingerprint density at radius 2 is 1.82 bits per heavy atom. The van der Waals surface area contributed by atoms with Gasteiger partial charge in [-0.25, -0.2) is 9.78 Å². The third kappa shape index (κ3) is 3.49. The molecule has 0 aliphatic heterocycles. The molecule has 0 aliphatic rings. The standard InChI is InChI=1S/C17H18N2O3/c1-11(2)15(20)12-6-8-13(9-7-12)19-16-14(17(21)22-3)5-4-10-18-16/h4-11H,1-3H3,(H,18,19). The van der Waals surface area contributed by atoms with Gasteiger partial charge in [-0.1, -0.05) is 13.8 Å². The van der Waals surface area contributed by atoms with Crippen LogP contribution in [0.2, 0.25) is 0 Å². The van der Waals surface area contributed by atoms with Crippen molar-refractivity contribution in [3.8, 4) is 0 Å². The van der Waals surface area contributed by atoms with Crippen molar-refractivity contribution in [2.24, 2.45) is 5.92 Å². The first-order chi connectivity index (χ1) is 10.5. The van der Waals surface area contributed by atoms with Crippen molar-refractivity contribution in [1.29, 1.82) is 0 Å². The predicted molar refractivity (Wildman–Crippen MR) is 84.5 cm³/mol. The van der Waals surface area contributed by atoms with Crippen LogP contribution in [0.25, 0.3) is 0 Å². The summed E-state index contributed by atoms with van der Waals surface area (Å²) >= 11 is 0. The van der Waals surface area contributed by atoms with Gasteiger partial charge >= 0.3 is 5.97 Å². The second kappa shape index (κ2) is 6.85. The lowest BCUT2D eigenvalue weighted by Gasteiger charge is -2.10. The summed E-state index contributed by atoms with van der Waals surface area (Å²) in [5, 5.41) is 3.06. The molecule has 2 rings (SSSR count). The van der Waals surface area contributed by atoms with Gasteiger partial charge in [0.05, 0.1) is 7.11 Å². The molecule has 1 heterocycles. The second-order valence-electron chi connectivity index (χ2n) is 5.11. The molecule has 0 saturated heterocycles. The highest BCUT2D eigenvalue weighted by Crippen LogP contribution is 2.20. The molecule has 0 unspecified atom stereocenters. The largest absolute Gasteiger partial charge is 0.465 e. The quantitative estimate of drug-likeness (QED) is 0.676. The summed E-state index contributed by atoms with van der Waals surface area (Å²) in [6.45, 7) is 3.73. The minimum atomic E-state index is -0.456. The third-order valence-electron chi connectivity index (χ3n) is 3.17. The van der Waals surface area contributed by atoms with Gasteiger partial charge in [0.1, 0.15) is 11.4 Å². The number of carbonyl (C=O) groups is 2. The van der Waals surface area contributed by atoms with E-state index in [0.717, 1.165) is 5.69 Å². The predicted octanol–water partition coefficient (Wildman–Crippen LogP) is 3.45. The minimum Gasteiger partial charge on any atom is -0.465 e. The van der Waals surface area contributed by atoms with Gasteiger partial charge in [-0.2, -0.15) is 0 Å². The Morgan fingerprint density at radius 3 is 2.41 bits per heavy atom. The van der Waals surface area contributed by atoms with E-state index in [1.54, 1.807) is 42.6 Å². The molecule has 1 aromatic heterocycles. The van der Waals surface area contributed by atoms with Crippen molar-refractivity contribution in [3.05, 3.63) is 53.7 Å². The van der Waals surface area contributed by atoms with Crippen LogP contribution in [0.4, 0.5) is 11.5 Å². The molecule has 0 aliphatic carbocycles. The maximum atomic E-state index is 11.9. The smallest absolute Gasteiger partial charge is 0.341 e. The van der Waals surface area contributed by atoms with Crippen molar-refractivity contribution < 1.29 is 14.3 Å². The van der Waals surface area contributed by atoms with Crippen LogP contribution in [0.15, 0.2) is 42.6 Å². The van der Waals surface area contributed by atoms with E-state index in [4.69, 9.17) is 4.74 Å². The molecule has 2 aromatic rings. The van der Waals surface area contributed by atoms with E-state index in [-0.39, 0.29) is 11.7 Å². The number of nitrogens with one attached hydrogen (secondary N) is 1. The first-order valence-electron chi connectivity index (χ1n) is 6.97. The Balaban J connectivity index is 2.22. The molecule has 5 heteroatoms. The van der Waals surface area contributed by atoms with Crippen molar-refractivity contribution in [2.75, 3.05) is 12.4 Å². The number of aromatic nitrogens is 1. The van der Waals surface area contributed by atoms with Crippen LogP contribution in [-0.4, -0.2) is 23.8 Å². The van der Waals surface area contributed by atoms with Crippen molar-refractivity contribution in [3.63, 3.8) is 0 Å². The normalized spacial score (nSPS) is 10.4. The number of esters is 1. The van der Waals surface area contributed by atoms with Gasteiger partial charge in [0.15, 0.2) is 5.78 Å². The lowest BCUT2D eigenvalue weighted by atomic mass is 10.0. The number of hydrogen-bond acceptors (Lipinski definition) is 5. The SMILES string of the molecule is COC(=O)c1cccnc1Nc1ccc(C(=O)C(C)C)cc1. The Bertz CT molecular complexity index is 679. The number of ketones is 1. The average molecular weight is 298 g/mol. The minimum absolute atomic E-state index is 0.0412. The highest BCUT2D eigenvalue weighted by Gasteiger charge is 2.13. The van der Waals surface area contributed by atoms with Crippen LogP contribution >= 0.6 is 0 Å². The van der Waals surface area contributed by atoms with Crippen LogP contribution < -0.4 is 5.32 Å². The first kappa shape index (κ1) is 15.7. The Labute approximate surface area is 129 Å². The van der Waals surface area contributed by atoms with Crippen LogP contribution in [0, 0.1) is 5.92 Å². The molecule has 0 bridgehead atoms. The lowest BCUT2D eigenvalue weighted by Crippen LogP contribution is -2.08. The van der Waals surface area contributed by atoms with Gasteiger partial charge < -0.3 is 10.1 Å². The molecule has 114 valence electrons. The van der Waals surface area contributed by atoms with Crippen molar-refractivity contribution in [1.82, 2.24) is 4.98 Å². The fraction of sp³-hybridized carbons (Fsp3) is 0.235. The lowest BCUT2D eigenvalue weighted by molar-refractivity contribution is 0.0601. The average Bonchev–Trinajstić information content (AvgIpc) is 2.54. The summed E-state index contributed by atoms with van der Waals surface area (Å²) in [7, 11) is 1.32. The van der Waals surface area contributed by atoms with E-state index in [1.165, 1.54) is 7.11 Å². The van der Waals surface area contributed by atoms with Gasteiger partial charge in [0.25, 0.3) is 0 Å². The molecule has 1 N–H and O–H groups in total. The van der Waals surface area contributed by atoms with E-state index >= 15 is 0 Å². The molecule has 0 radical (unpaired) electrons. The van der Waals surface area contributed by atoms with E-state index < -0.39 is 5.97 Å². The summed E-state index contributed by atoms with van der Waals surface area (Å²) in [6, 6.07) is 10.4. The molecule has 0 saturated carbocycles. The van der Waals surface area contributed by atoms with Crippen LogP contribution in [0.5, 0.6) is 0 Å². The van der Waals surface area contributed by atoms with Crippen LogP contribution in [0.1, 0.15) is 34.6 Å². The number of carbonyl (C=O) groups excluding carboxylic acids is 2. The molecule has 0 atom stereocenters. The van der Waals surface area contributed by atoms with Crippen molar-refractivity contribution in [2.45, 2.75) is 13.8 Å². The Kier molecular flexibility index (Phi) is 4.88. The van der Waals surface area contributed by atoms with Crippen molar-refractivity contribution >= 4 is 23.3 Å². The fourth-order valence-electron chi connectivity index (χ4n) is 1.97. The van der Waals surface area contributed by atoms with Crippen LogP contribution in [0.3, 0.4) is 0 Å². The maximum absolute atomic E-state index is 11.9. The number of anilines is 2. The Morgan fingerprint density at radius 1 is 1.14 bits per heavy atom. The highest BCUT2D eigenvalue weighted by atomic mass is 16.5. The maximum Gasteiger partial charge on any atom is 0.341 e. The van der Waals surface area contributed by atoms with Gasteiger partial charge in [-0.15, -0.1) is 0 Å². The van der Waals surface area contributed by atoms with Gasteiger partial charge in [-0.3, -0.25) is 4.79 Å². The zero-order chi connectivity index (χ0) is 16.1. The monoisotopic (exact) mass is 298 g/mol. The molecule has 0 fully saturated rings. The summed E-state index contributed by atoms with van der Waals surface area (Å²) in [6.07, 6.45) is 1.59. The molecule has 0 amide bonds. The van der Waals surface area contributed by atoms with Gasteiger partial charge in [-0.05, 0) is 36.4 Å². The molecular weight excluding hydrogens is 280 g/mol. The highest BCUT2D eigenvalue weighted by molar-refractivity contribution is 5.98. The van der Waals surface area contributed by atoms with E-state index in [9.17, 15) is 9.59 Å². The van der Waals surface area contributed by atoms with Crippen LogP contribution in [-0.2, 0) is 4.74 Å². The van der Waals surface area contributed by atoms with Gasteiger partial charge in [0.2, 0.25) is 0 Å². The Hall–Kier alpha value is -2.69. The third-order valence-corrected chi connectivity index (χ3v) is 3.17. The number of rotatable bonds is 5. The van der Waals surface area contributed by atoms with E-state index in [1.807, 2.05) is 13.8 Å². The van der Waals surface area contributed by atoms with E-state index in [0.29, 0.717) is 16.9 Å².